The van der Waals surface area contributed by atoms with Gasteiger partial charge in [-0.05, 0) is 44.3 Å². The Balaban J connectivity index is 2.51. The number of carbonyl (C=O) groups excluding carboxylic acids is 1. The van der Waals surface area contributed by atoms with Crippen molar-refractivity contribution in [1.29, 1.82) is 0 Å². The Morgan fingerprint density at radius 1 is 1.40 bits per heavy atom. The van der Waals surface area contributed by atoms with Crippen LogP contribution in [0.4, 0.5) is 0 Å². The highest BCUT2D eigenvalue weighted by Gasteiger charge is 2.16. The molecule has 3 N–H and O–H groups in total. The van der Waals surface area contributed by atoms with Crippen LogP contribution in [0.3, 0.4) is 0 Å². The van der Waals surface area contributed by atoms with Gasteiger partial charge in [-0.3, -0.25) is 15.6 Å². The molecule has 1 aromatic rings. The third-order valence-electron chi connectivity index (χ3n) is 2.20. The third kappa shape index (κ3) is 5.40. The molecule has 0 spiro atoms. The first-order chi connectivity index (χ1) is 9.43. The fourth-order valence-electron chi connectivity index (χ4n) is 1.24. The van der Waals surface area contributed by atoms with Crippen molar-refractivity contribution in [2.24, 2.45) is 0 Å². The topological polar surface area (TPSA) is 62.4 Å². The monoisotopic (exact) mass is 335 g/mol. The molecular formula is C12H15Cl2N3O2S. The number of halogens is 2. The summed E-state index contributed by atoms with van der Waals surface area (Å²) in [4.78, 5) is 11.8. The van der Waals surface area contributed by atoms with Crippen LogP contribution in [0.2, 0.25) is 10.0 Å². The van der Waals surface area contributed by atoms with E-state index in [1.165, 1.54) is 0 Å². The molecule has 5 nitrogen and oxygen atoms in total. The number of thiocarbonyl (C=S) groups is 1. The van der Waals surface area contributed by atoms with Crippen molar-refractivity contribution in [3.05, 3.63) is 28.2 Å². The minimum absolute atomic E-state index is 0.331. The summed E-state index contributed by atoms with van der Waals surface area (Å²) in [5.41, 5.74) is 4.99. The van der Waals surface area contributed by atoms with Crippen molar-refractivity contribution in [3.8, 4) is 5.75 Å². The highest BCUT2D eigenvalue weighted by atomic mass is 35.5. The third-order valence-corrected chi connectivity index (χ3v) is 2.98. The van der Waals surface area contributed by atoms with Crippen molar-refractivity contribution in [1.82, 2.24) is 16.2 Å². The summed E-state index contributed by atoms with van der Waals surface area (Å²) >= 11 is 16.6. The minimum Gasteiger partial charge on any atom is -0.479 e. The van der Waals surface area contributed by atoms with Crippen LogP contribution in [0.1, 0.15) is 13.8 Å². The molecule has 1 aromatic carbocycles. The molecule has 0 aliphatic carbocycles. The van der Waals surface area contributed by atoms with Gasteiger partial charge in [-0.15, -0.1) is 0 Å². The Bertz CT molecular complexity index is 500. The van der Waals surface area contributed by atoms with Crippen LogP contribution in [-0.4, -0.2) is 23.7 Å². The van der Waals surface area contributed by atoms with Gasteiger partial charge in [0.05, 0.1) is 5.02 Å². The normalized spacial score (nSPS) is 11.4. The van der Waals surface area contributed by atoms with Gasteiger partial charge in [0.15, 0.2) is 11.2 Å². The van der Waals surface area contributed by atoms with Gasteiger partial charge in [-0.1, -0.05) is 23.2 Å². The Morgan fingerprint density at radius 2 is 2.10 bits per heavy atom. The van der Waals surface area contributed by atoms with Crippen molar-refractivity contribution in [2.45, 2.75) is 20.0 Å². The molecule has 1 rings (SSSR count). The molecule has 0 unspecified atom stereocenters. The molecular weight excluding hydrogens is 321 g/mol. The molecule has 0 heterocycles. The number of benzene rings is 1. The summed E-state index contributed by atoms with van der Waals surface area (Å²) < 4.78 is 5.45. The highest BCUT2D eigenvalue weighted by Crippen LogP contribution is 2.28. The molecule has 0 saturated heterocycles. The number of carbonyl (C=O) groups is 1. The molecule has 8 heteroatoms. The van der Waals surface area contributed by atoms with E-state index in [1.54, 1.807) is 25.1 Å². The zero-order valence-electron chi connectivity index (χ0n) is 11.0. The SMILES string of the molecule is CCNC(=S)NNC(=O)[C@H](C)Oc1ccc(Cl)cc1Cl. The minimum atomic E-state index is -0.745. The molecule has 0 fully saturated rings. The van der Waals surface area contributed by atoms with E-state index in [9.17, 15) is 4.79 Å². The van der Waals surface area contributed by atoms with Gasteiger partial charge in [-0.2, -0.15) is 0 Å². The number of hydrogen-bond acceptors (Lipinski definition) is 3. The molecule has 0 aliphatic rings. The standard InChI is InChI=1S/C12H15Cl2N3O2S/c1-3-15-12(20)17-16-11(18)7(2)19-10-5-4-8(13)6-9(10)14/h4-7H,3H2,1-2H3,(H,16,18)(H2,15,17,20)/t7-/m0/s1. The number of ether oxygens (including phenoxy) is 1. The molecule has 0 radical (unpaired) electrons. The second-order valence-corrected chi connectivity index (χ2v) is 5.06. The number of rotatable bonds is 4. The molecule has 1 atom stereocenters. The van der Waals surface area contributed by atoms with E-state index in [4.69, 9.17) is 40.2 Å². The van der Waals surface area contributed by atoms with Crippen LogP contribution < -0.4 is 20.9 Å². The Labute approximate surface area is 132 Å². The average Bonchev–Trinajstić information content (AvgIpc) is 2.39. The lowest BCUT2D eigenvalue weighted by Gasteiger charge is -2.17. The first-order valence-corrected chi connectivity index (χ1v) is 7.05. The lowest BCUT2D eigenvalue weighted by atomic mass is 10.3. The van der Waals surface area contributed by atoms with Gasteiger partial charge >= 0.3 is 0 Å². The van der Waals surface area contributed by atoms with Crippen LogP contribution in [-0.2, 0) is 4.79 Å². The molecule has 0 bridgehead atoms. The predicted octanol–water partition coefficient (Wildman–Crippen LogP) is 2.28. The van der Waals surface area contributed by atoms with E-state index >= 15 is 0 Å². The zero-order chi connectivity index (χ0) is 15.1. The second-order valence-electron chi connectivity index (χ2n) is 3.81. The maximum atomic E-state index is 11.8. The average molecular weight is 336 g/mol. The summed E-state index contributed by atoms with van der Waals surface area (Å²) in [7, 11) is 0. The van der Waals surface area contributed by atoms with Gasteiger partial charge < -0.3 is 10.1 Å². The Hall–Kier alpha value is -1.24. The molecule has 0 aliphatic heterocycles. The number of hydrazine groups is 1. The highest BCUT2D eigenvalue weighted by molar-refractivity contribution is 7.80. The molecule has 110 valence electrons. The largest absolute Gasteiger partial charge is 0.479 e. The second kappa shape index (κ2) is 8.14. The molecule has 0 saturated carbocycles. The van der Waals surface area contributed by atoms with E-state index in [0.29, 0.717) is 27.5 Å². The summed E-state index contributed by atoms with van der Waals surface area (Å²) in [6, 6.07) is 4.78. The van der Waals surface area contributed by atoms with Crippen LogP contribution in [0, 0.1) is 0 Å². The van der Waals surface area contributed by atoms with E-state index in [-0.39, 0.29) is 5.91 Å². The number of hydrogen-bond donors (Lipinski definition) is 3. The summed E-state index contributed by atoms with van der Waals surface area (Å²) in [6.45, 7) is 4.15. The molecule has 1 amide bonds. The summed E-state index contributed by atoms with van der Waals surface area (Å²) in [5, 5.41) is 4.00. The van der Waals surface area contributed by atoms with Crippen LogP contribution in [0.15, 0.2) is 18.2 Å². The molecule has 0 aromatic heterocycles. The van der Waals surface area contributed by atoms with Crippen molar-refractivity contribution in [3.63, 3.8) is 0 Å². The van der Waals surface area contributed by atoms with Gasteiger partial charge in [0.2, 0.25) is 0 Å². The predicted molar refractivity (Wildman–Crippen MR) is 84.1 cm³/mol. The quantitative estimate of drug-likeness (QED) is 0.582. The summed E-state index contributed by atoms with van der Waals surface area (Å²) in [6.07, 6.45) is -0.745. The number of nitrogens with one attached hydrogen (secondary N) is 3. The van der Waals surface area contributed by atoms with E-state index < -0.39 is 6.10 Å². The first-order valence-electron chi connectivity index (χ1n) is 5.89. The van der Waals surface area contributed by atoms with E-state index in [2.05, 4.69) is 16.2 Å². The number of amides is 1. The lowest BCUT2D eigenvalue weighted by Crippen LogP contribution is -2.50. The van der Waals surface area contributed by atoms with Gasteiger partial charge in [0.1, 0.15) is 5.75 Å². The molecule has 20 heavy (non-hydrogen) atoms. The first kappa shape index (κ1) is 16.8. The lowest BCUT2D eigenvalue weighted by molar-refractivity contribution is -0.127. The van der Waals surface area contributed by atoms with Gasteiger partial charge in [0.25, 0.3) is 5.91 Å². The van der Waals surface area contributed by atoms with Crippen molar-refractivity contribution < 1.29 is 9.53 Å². The Morgan fingerprint density at radius 3 is 2.70 bits per heavy atom. The van der Waals surface area contributed by atoms with E-state index in [0.717, 1.165) is 0 Å². The van der Waals surface area contributed by atoms with Crippen molar-refractivity contribution in [2.75, 3.05) is 6.54 Å². The fourth-order valence-corrected chi connectivity index (χ4v) is 1.89. The smallest absolute Gasteiger partial charge is 0.279 e. The maximum absolute atomic E-state index is 11.8. The van der Waals surface area contributed by atoms with Gasteiger partial charge in [0, 0.05) is 11.6 Å². The van der Waals surface area contributed by atoms with Crippen LogP contribution >= 0.6 is 35.4 Å². The van der Waals surface area contributed by atoms with Crippen molar-refractivity contribution >= 4 is 46.4 Å². The maximum Gasteiger partial charge on any atom is 0.279 e. The van der Waals surface area contributed by atoms with Crippen LogP contribution in [0.25, 0.3) is 0 Å². The Kier molecular flexibility index (Phi) is 6.84. The fraction of sp³-hybridized carbons (Fsp3) is 0.333. The van der Waals surface area contributed by atoms with Crippen LogP contribution in [0.5, 0.6) is 5.75 Å². The zero-order valence-corrected chi connectivity index (χ0v) is 13.3. The van der Waals surface area contributed by atoms with Gasteiger partial charge in [-0.25, -0.2) is 0 Å². The summed E-state index contributed by atoms with van der Waals surface area (Å²) in [5.74, 6) is 0.00393. The van der Waals surface area contributed by atoms with E-state index in [1.807, 2.05) is 6.92 Å².